The topological polar surface area (TPSA) is 61.6 Å². The molecule has 0 bridgehead atoms. The molecule has 0 spiro atoms. The van der Waals surface area contributed by atoms with Crippen LogP contribution in [-0.2, 0) is 22.6 Å². The number of aryl methyl sites for hydroxylation is 1. The Balaban J connectivity index is 1.84. The second-order valence-corrected chi connectivity index (χ2v) is 5.34. The Morgan fingerprint density at radius 1 is 1.27 bits per heavy atom. The molecule has 2 rings (SSSR count). The second kappa shape index (κ2) is 7.64. The van der Waals surface area contributed by atoms with Crippen molar-refractivity contribution in [2.24, 2.45) is 0 Å². The van der Waals surface area contributed by atoms with Gasteiger partial charge < -0.3 is 13.9 Å². The zero-order chi connectivity index (χ0) is 15.9. The summed E-state index contributed by atoms with van der Waals surface area (Å²) in [7, 11) is 1.40. The minimum Gasteiger partial charge on any atom is -0.487 e. The van der Waals surface area contributed by atoms with Crippen molar-refractivity contribution in [3.63, 3.8) is 0 Å². The van der Waals surface area contributed by atoms with Gasteiger partial charge in [0.1, 0.15) is 24.3 Å². The Labute approximate surface area is 130 Å². The molecular formula is C17H21NO4. The lowest BCUT2D eigenvalue weighted by Gasteiger charge is -2.05. The van der Waals surface area contributed by atoms with Crippen LogP contribution in [0.1, 0.15) is 43.3 Å². The molecule has 0 unspecified atom stereocenters. The normalized spacial score (nSPS) is 10.7. The Hall–Kier alpha value is -2.30. The number of methoxy groups -OCH3 is 1. The summed E-state index contributed by atoms with van der Waals surface area (Å²) in [6.07, 6.45) is 2.67. The number of carbonyl (C=O) groups is 1. The lowest BCUT2D eigenvalue weighted by molar-refractivity contribution is -0.140. The quantitative estimate of drug-likeness (QED) is 0.733. The molecule has 0 N–H and O–H groups in total. The van der Waals surface area contributed by atoms with Crippen molar-refractivity contribution in [1.82, 2.24) is 4.98 Å². The molecule has 0 saturated heterocycles. The van der Waals surface area contributed by atoms with Gasteiger partial charge in [-0.2, -0.15) is 0 Å². The zero-order valence-electron chi connectivity index (χ0n) is 13.2. The number of nitrogens with zero attached hydrogens (tertiary/aromatic N) is 1. The lowest BCUT2D eigenvalue weighted by atomic mass is 10.1. The van der Waals surface area contributed by atoms with Crippen molar-refractivity contribution in [2.75, 3.05) is 7.11 Å². The van der Waals surface area contributed by atoms with Gasteiger partial charge in [-0.05, 0) is 24.1 Å². The highest BCUT2D eigenvalue weighted by molar-refractivity contribution is 5.69. The van der Waals surface area contributed by atoms with Gasteiger partial charge in [0, 0.05) is 12.3 Å². The van der Waals surface area contributed by atoms with E-state index in [0.29, 0.717) is 19.4 Å². The molecule has 1 aromatic carbocycles. The van der Waals surface area contributed by atoms with E-state index >= 15 is 0 Å². The average Bonchev–Trinajstić information content (AvgIpc) is 3.01. The molecule has 0 fully saturated rings. The van der Waals surface area contributed by atoms with Crippen molar-refractivity contribution < 1.29 is 18.7 Å². The molecule has 0 aliphatic rings. The van der Waals surface area contributed by atoms with Crippen LogP contribution in [0.3, 0.4) is 0 Å². The summed E-state index contributed by atoms with van der Waals surface area (Å²) >= 11 is 0. The molecule has 2 aromatic rings. The zero-order valence-corrected chi connectivity index (χ0v) is 13.2. The van der Waals surface area contributed by atoms with E-state index in [1.165, 1.54) is 7.11 Å². The van der Waals surface area contributed by atoms with Crippen LogP contribution < -0.4 is 4.74 Å². The fourth-order valence-corrected chi connectivity index (χ4v) is 1.91. The molecule has 0 amide bonds. The van der Waals surface area contributed by atoms with E-state index in [0.717, 1.165) is 22.9 Å². The Bertz CT molecular complexity index is 601. The first-order chi connectivity index (χ1) is 10.6. The first kappa shape index (κ1) is 16.1. The number of benzene rings is 1. The summed E-state index contributed by atoms with van der Waals surface area (Å²) in [5.74, 6) is 1.54. The molecule has 1 aromatic heterocycles. The Morgan fingerprint density at radius 2 is 2.00 bits per heavy atom. The van der Waals surface area contributed by atoms with Crippen molar-refractivity contribution in [1.29, 1.82) is 0 Å². The smallest absolute Gasteiger partial charge is 0.305 e. The maximum absolute atomic E-state index is 11.1. The number of oxazole rings is 1. The number of aromatic nitrogens is 1. The molecule has 0 aliphatic heterocycles. The first-order valence-corrected chi connectivity index (χ1v) is 7.31. The predicted molar refractivity (Wildman–Crippen MR) is 81.7 cm³/mol. The Kier molecular flexibility index (Phi) is 5.58. The van der Waals surface area contributed by atoms with E-state index in [4.69, 9.17) is 9.15 Å². The van der Waals surface area contributed by atoms with Gasteiger partial charge in [-0.15, -0.1) is 0 Å². The number of hydrogen-bond donors (Lipinski definition) is 0. The van der Waals surface area contributed by atoms with Crippen molar-refractivity contribution >= 4 is 5.97 Å². The Morgan fingerprint density at radius 3 is 2.59 bits per heavy atom. The van der Waals surface area contributed by atoms with Crippen LogP contribution in [0.4, 0.5) is 0 Å². The summed E-state index contributed by atoms with van der Waals surface area (Å²) in [5.41, 5.74) is 1.85. The largest absolute Gasteiger partial charge is 0.487 e. The van der Waals surface area contributed by atoms with Gasteiger partial charge >= 0.3 is 5.97 Å². The minimum absolute atomic E-state index is 0.202. The maximum atomic E-state index is 11.1. The van der Waals surface area contributed by atoms with Gasteiger partial charge in [-0.3, -0.25) is 4.79 Å². The third kappa shape index (κ3) is 4.62. The minimum atomic E-state index is -0.202. The number of rotatable bonds is 7. The van der Waals surface area contributed by atoms with Crippen LogP contribution in [0.2, 0.25) is 0 Å². The molecule has 0 aliphatic carbocycles. The highest BCUT2D eigenvalue weighted by Gasteiger charge is 2.08. The van der Waals surface area contributed by atoms with Crippen LogP contribution in [0.15, 0.2) is 34.9 Å². The van der Waals surface area contributed by atoms with Crippen LogP contribution in [0.5, 0.6) is 5.75 Å². The summed E-state index contributed by atoms with van der Waals surface area (Å²) in [5, 5.41) is 0. The summed E-state index contributed by atoms with van der Waals surface area (Å²) < 4.78 is 15.7. The molecule has 0 saturated carbocycles. The average molecular weight is 303 g/mol. The summed E-state index contributed by atoms with van der Waals surface area (Å²) in [4.78, 5) is 15.5. The molecule has 22 heavy (non-hydrogen) atoms. The van der Waals surface area contributed by atoms with E-state index in [1.807, 2.05) is 38.1 Å². The monoisotopic (exact) mass is 303 g/mol. The van der Waals surface area contributed by atoms with E-state index in [9.17, 15) is 4.79 Å². The fourth-order valence-electron chi connectivity index (χ4n) is 1.91. The van der Waals surface area contributed by atoms with E-state index in [1.54, 1.807) is 6.26 Å². The third-order valence-corrected chi connectivity index (χ3v) is 3.22. The standard InChI is InChI=1S/C17H21NO4/c1-12(2)17-18-14(11-22-17)10-21-15-7-4-13(5-8-15)6-9-16(19)20-3/h4-5,7-8,11-12H,6,9-10H2,1-3H3. The number of esters is 1. The number of ether oxygens (including phenoxy) is 2. The van der Waals surface area contributed by atoms with E-state index < -0.39 is 0 Å². The summed E-state index contributed by atoms with van der Waals surface area (Å²) in [6.45, 7) is 4.44. The van der Waals surface area contributed by atoms with E-state index in [2.05, 4.69) is 9.72 Å². The molecular weight excluding hydrogens is 282 g/mol. The van der Waals surface area contributed by atoms with Gasteiger partial charge in [0.25, 0.3) is 0 Å². The van der Waals surface area contributed by atoms with Crippen molar-refractivity contribution in [3.8, 4) is 5.75 Å². The lowest BCUT2D eigenvalue weighted by Crippen LogP contribution is -2.02. The summed E-state index contributed by atoms with van der Waals surface area (Å²) in [6, 6.07) is 7.66. The third-order valence-electron chi connectivity index (χ3n) is 3.22. The first-order valence-electron chi connectivity index (χ1n) is 7.31. The number of carbonyl (C=O) groups excluding carboxylic acids is 1. The van der Waals surface area contributed by atoms with Gasteiger partial charge in [0.15, 0.2) is 5.89 Å². The van der Waals surface area contributed by atoms with Crippen LogP contribution in [-0.4, -0.2) is 18.1 Å². The predicted octanol–water partition coefficient (Wildman–Crippen LogP) is 3.48. The highest BCUT2D eigenvalue weighted by atomic mass is 16.5. The number of hydrogen-bond acceptors (Lipinski definition) is 5. The van der Waals surface area contributed by atoms with Crippen molar-refractivity contribution in [2.45, 2.75) is 39.2 Å². The van der Waals surface area contributed by atoms with Crippen LogP contribution >= 0.6 is 0 Å². The van der Waals surface area contributed by atoms with Crippen molar-refractivity contribution in [3.05, 3.63) is 47.7 Å². The molecule has 5 heteroatoms. The fraction of sp³-hybridized carbons (Fsp3) is 0.412. The van der Waals surface area contributed by atoms with Crippen LogP contribution in [0, 0.1) is 0 Å². The van der Waals surface area contributed by atoms with Gasteiger partial charge in [0.05, 0.1) is 7.11 Å². The molecule has 0 radical (unpaired) electrons. The second-order valence-electron chi connectivity index (χ2n) is 5.34. The van der Waals surface area contributed by atoms with Crippen LogP contribution in [0.25, 0.3) is 0 Å². The molecule has 0 atom stereocenters. The highest BCUT2D eigenvalue weighted by Crippen LogP contribution is 2.17. The van der Waals surface area contributed by atoms with Gasteiger partial charge in [-0.1, -0.05) is 26.0 Å². The molecule has 1 heterocycles. The maximum Gasteiger partial charge on any atom is 0.305 e. The SMILES string of the molecule is COC(=O)CCc1ccc(OCc2coc(C(C)C)n2)cc1. The van der Waals surface area contributed by atoms with E-state index in [-0.39, 0.29) is 11.9 Å². The van der Waals surface area contributed by atoms with Gasteiger partial charge in [0.2, 0.25) is 0 Å². The molecule has 118 valence electrons. The van der Waals surface area contributed by atoms with Gasteiger partial charge in [-0.25, -0.2) is 4.98 Å². The molecule has 5 nitrogen and oxygen atoms in total.